The molecule has 75 heavy (non-hydrogen) atoms. The minimum atomic E-state index is -1.62. The van der Waals surface area contributed by atoms with Crippen molar-refractivity contribution in [1.29, 1.82) is 0 Å². The van der Waals surface area contributed by atoms with E-state index >= 15 is 0 Å². The van der Waals surface area contributed by atoms with Crippen LogP contribution in [0.5, 0.6) is 0 Å². The van der Waals surface area contributed by atoms with Crippen molar-refractivity contribution in [2.24, 2.45) is 0 Å². The van der Waals surface area contributed by atoms with Gasteiger partial charge in [0.05, 0.1) is 33.0 Å². The van der Waals surface area contributed by atoms with Crippen molar-refractivity contribution in [2.45, 2.75) is 19.3 Å². The summed E-state index contributed by atoms with van der Waals surface area (Å²) in [7, 11) is 0.819. The topological polar surface area (TPSA) is 4.44 Å². The molecule has 0 aliphatic carbocycles. The van der Waals surface area contributed by atoms with Crippen LogP contribution in [0.15, 0.2) is 273 Å². The Morgan fingerprint density at radius 2 is 0.493 bits per heavy atom. The van der Waals surface area contributed by atoms with Gasteiger partial charge in [-0.3, -0.25) is 0 Å². The Labute approximate surface area is 509 Å². The lowest BCUT2D eigenvalue weighted by atomic mass is 10.3. The third-order valence-corrected chi connectivity index (χ3v) is 25.5. The summed E-state index contributed by atoms with van der Waals surface area (Å²) in [6, 6.07) is 99.0. The highest BCUT2D eigenvalue weighted by atomic mass is 79.9. The lowest BCUT2D eigenvalue weighted by molar-refractivity contribution is -0.858. The molecule has 9 aromatic rings. The molecule has 0 radical (unpaired) electrons. The highest BCUT2D eigenvalue weighted by molar-refractivity contribution is 9.09. The Morgan fingerprint density at radius 3 is 0.680 bits per heavy atom. The van der Waals surface area contributed by atoms with Crippen molar-refractivity contribution < 1.29 is 55.8 Å². The van der Waals surface area contributed by atoms with Crippen molar-refractivity contribution >= 4 is 118 Å². The van der Waals surface area contributed by atoms with Gasteiger partial charge in [-0.05, 0) is 109 Å². The molecule has 0 unspecified atom stereocenters. The van der Waals surface area contributed by atoms with Gasteiger partial charge in [0.15, 0.2) is 0 Å². The van der Waals surface area contributed by atoms with E-state index in [-0.39, 0.29) is 50.9 Å². The summed E-state index contributed by atoms with van der Waals surface area (Å²) in [4.78, 5) is 1.52. The maximum absolute atomic E-state index is 3.64. The minimum absolute atomic E-state index is 0. The number of rotatable bonds is 18. The molecule has 9 rings (SSSR count). The first-order chi connectivity index (χ1) is 35.5. The average molecular weight is 1440 g/mol. The second kappa shape index (κ2) is 37.8. The fraction of sp³-hybridized carbons (Fsp3) is 0.169. The summed E-state index contributed by atoms with van der Waals surface area (Å²) in [5, 5.41) is 16.3. The van der Waals surface area contributed by atoms with Crippen molar-refractivity contribution in [2.75, 3.05) is 49.0 Å². The molecule has 0 bridgehead atoms. The predicted octanol–water partition coefficient (Wildman–Crippen LogP) is 3.90. The van der Waals surface area contributed by atoms with Crippen LogP contribution in [0.3, 0.4) is 0 Å². The fourth-order valence-electron chi connectivity index (χ4n) is 8.96. The standard InChI is InChI=1S/C23H27NP.C21H21BrP.C18H15P.C3H6Br2.3BrH/c1-24(2)19-12-20-25(21-13-6-3-7-14-21,22-15-8-4-9-16-22)23-17-10-5-11-18-23;22-17-10-18-23(19-11-4-1-5-12-19,20-13-6-2-7-14-20)21-15-8-3-9-16-21;1-4-10-16(11-5-1)19(17-12-6-2-7-13-17)18-14-8-3-9-15-18;4-2-1-3-5;;;/h3-11,13-18H,12,19-20H2,1-2H3;1-9,11-16H,10,17-18H2;1-15H;1-3H2;3*1H/q2*+1;;;;;/p-2. The zero-order valence-electron chi connectivity index (χ0n) is 43.0. The smallest absolute Gasteiger partial charge is 0.112 e. The lowest BCUT2D eigenvalue weighted by Crippen LogP contribution is -3.05. The number of hydrogen-bond donors (Lipinski definition) is 1. The average Bonchev–Trinajstić information content (AvgIpc) is 3.46. The highest BCUT2D eigenvalue weighted by Gasteiger charge is 2.45. The van der Waals surface area contributed by atoms with Gasteiger partial charge >= 0.3 is 0 Å². The lowest BCUT2D eigenvalue weighted by Gasteiger charge is -2.27. The van der Waals surface area contributed by atoms with Gasteiger partial charge in [-0.2, -0.15) is 0 Å². The molecule has 0 amide bonds. The van der Waals surface area contributed by atoms with Crippen LogP contribution in [-0.4, -0.2) is 49.0 Å². The van der Waals surface area contributed by atoms with E-state index in [0.29, 0.717) is 0 Å². The van der Waals surface area contributed by atoms with Crippen LogP contribution in [0.2, 0.25) is 0 Å². The highest BCUT2D eigenvalue weighted by Crippen LogP contribution is 2.56. The molecular formula is C65H70Br6NP3. The van der Waals surface area contributed by atoms with Crippen LogP contribution >= 0.6 is 70.2 Å². The Hall–Kier alpha value is -2.89. The van der Waals surface area contributed by atoms with Gasteiger partial charge in [-0.15, -0.1) is 0 Å². The normalized spacial score (nSPS) is 10.6. The molecule has 0 saturated heterocycles. The molecule has 1 N–H and O–H groups in total. The summed E-state index contributed by atoms with van der Waals surface area (Å²) < 4.78 is 0. The Balaban J connectivity index is 0.000000280. The van der Waals surface area contributed by atoms with Crippen molar-refractivity contribution in [1.82, 2.24) is 0 Å². The van der Waals surface area contributed by atoms with Crippen molar-refractivity contribution in [3.8, 4) is 0 Å². The van der Waals surface area contributed by atoms with Crippen LogP contribution < -0.4 is 104 Å². The molecule has 0 aliphatic heterocycles. The largest absolute Gasteiger partial charge is 1.00 e. The van der Waals surface area contributed by atoms with E-state index in [4.69, 9.17) is 0 Å². The van der Waals surface area contributed by atoms with Crippen LogP contribution in [0.25, 0.3) is 0 Å². The van der Waals surface area contributed by atoms with E-state index < -0.39 is 22.4 Å². The van der Waals surface area contributed by atoms with Crippen LogP contribution in [-0.2, 0) is 0 Å². The second-order valence-corrected chi connectivity index (χ2v) is 29.3. The van der Waals surface area contributed by atoms with Gasteiger partial charge in [-0.1, -0.05) is 248 Å². The predicted molar refractivity (Wildman–Crippen MR) is 338 cm³/mol. The summed E-state index contributed by atoms with van der Waals surface area (Å²) in [6.45, 7) is 1.20. The molecule has 392 valence electrons. The first-order valence-electron chi connectivity index (χ1n) is 25.0. The number of halogens is 6. The maximum atomic E-state index is 3.64. The quantitative estimate of drug-likeness (QED) is 0.0985. The molecule has 0 heterocycles. The molecule has 0 saturated carbocycles. The minimum Gasteiger partial charge on any atom is -1.00 e. The zero-order chi connectivity index (χ0) is 50.5. The first kappa shape index (κ1) is 66.4. The summed E-state index contributed by atoms with van der Waals surface area (Å²) in [5.74, 6) is 0. The number of alkyl halides is 3. The molecule has 0 atom stereocenters. The number of hydrogen-bond acceptors (Lipinski definition) is 0. The van der Waals surface area contributed by atoms with Crippen LogP contribution in [0, 0.1) is 0 Å². The van der Waals surface area contributed by atoms with Crippen LogP contribution in [0.4, 0.5) is 0 Å². The third-order valence-electron chi connectivity index (χ3n) is 12.3. The Kier molecular flexibility index (Phi) is 33.5. The zero-order valence-corrected chi connectivity index (χ0v) is 55.2. The summed E-state index contributed by atoms with van der Waals surface area (Å²) in [6.07, 6.45) is 6.04. The number of quaternary nitrogens is 1. The monoisotopic (exact) mass is 1430 g/mol. The van der Waals surface area contributed by atoms with Crippen molar-refractivity contribution in [3.05, 3.63) is 273 Å². The third kappa shape index (κ3) is 19.8. The van der Waals surface area contributed by atoms with Gasteiger partial charge in [0, 0.05) is 22.4 Å². The molecule has 0 aromatic heterocycles. The van der Waals surface area contributed by atoms with Gasteiger partial charge in [0.2, 0.25) is 0 Å². The second-order valence-electron chi connectivity index (χ2n) is 17.5. The van der Waals surface area contributed by atoms with Crippen molar-refractivity contribution in [3.63, 3.8) is 0 Å². The molecule has 0 fully saturated rings. The molecule has 0 aliphatic rings. The molecule has 10 heteroatoms. The number of benzene rings is 9. The van der Waals surface area contributed by atoms with Crippen LogP contribution in [0.1, 0.15) is 19.3 Å². The molecular weight excluding hydrogens is 1370 g/mol. The molecule has 1 nitrogen and oxygen atoms in total. The first-order valence-corrected chi connectivity index (χ1v) is 33.7. The molecule has 0 spiro atoms. The van der Waals surface area contributed by atoms with Gasteiger partial charge in [0.1, 0.15) is 46.4 Å². The number of nitrogens with one attached hydrogen (secondary N) is 1. The summed E-state index contributed by atoms with van der Waals surface area (Å²) >= 11 is 10.2. The fourth-order valence-corrected chi connectivity index (χ4v) is 22.0. The van der Waals surface area contributed by atoms with Gasteiger partial charge in [-0.25, -0.2) is 0 Å². The van der Waals surface area contributed by atoms with E-state index in [0.717, 1.165) is 16.0 Å². The van der Waals surface area contributed by atoms with E-state index in [2.05, 4.69) is 335 Å². The van der Waals surface area contributed by atoms with E-state index in [1.165, 1.54) is 90.8 Å². The van der Waals surface area contributed by atoms with Gasteiger partial charge in [0.25, 0.3) is 0 Å². The molecule has 9 aromatic carbocycles. The van der Waals surface area contributed by atoms with E-state index in [9.17, 15) is 0 Å². The van der Waals surface area contributed by atoms with E-state index in [1.54, 1.807) is 0 Å². The SMILES string of the molecule is BrCCCBr.BrCCC[P+](c1ccccc1)(c1ccccc1)c1ccccc1.C[NH+](C)CCC[P+](c1ccccc1)(c1ccccc1)c1ccccc1.[Br-].[Br-].[Br-].c1ccc(P(c2ccccc2)c2ccccc2)cc1. The van der Waals surface area contributed by atoms with E-state index in [1.807, 2.05) is 0 Å². The van der Waals surface area contributed by atoms with Gasteiger partial charge < -0.3 is 55.8 Å². The Morgan fingerprint density at radius 1 is 0.293 bits per heavy atom. The summed E-state index contributed by atoms with van der Waals surface area (Å²) in [5.41, 5.74) is 0. The maximum Gasteiger partial charge on any atom is 0.112 e. The Bertz CT molecular complexity index is 2480.